The minimum Gasteiger partial charge on any atom is -0.465 e. The topological polar surface area (TPSA) is 84.5 Å². The Labute approximate surface area is 160 Å². The second-order valence-corrected chi connectivity index (χ2v) is 7.41. The van der Waals surface area contributed by atoms with Gasteiger partial charge in [0.05, 0.1) is 12.3 Å². The molecular weight excluding hydrogens is 344 g/mol. The molecule has 0 bridgehead atoms. The van der Waals surface area contributed by atoms with Crippen LogP contribution in [0.3, 0.4) is 0 Å². The Morgan fingerprint density at radius 1 is 1.22 bits per heavy atom. The van der Waals surface area contributed by atoms with Crippen LogP contribution < -0.4 is 10.6 Å². The Kier molecular flexibility index (Phi) is 7.05. The predicted octanol–water partition coefficient (Wildman–Crippen LogP) is 3.86. The number of hydrogen-bond donors (Lipinski definition) is 2. The third-order valence-electron chi connectivity index (χ3n) is 4.08. The fourth-order valence-electron chi connectivity index (χ4n) is 2.59. The maximum atomic E-state index is 12.3. The molecule has 0 aliphatic carbocycles. The van der Waals surface area contributed by atoms with E-state index in [0.29, 0.717) is 5.76 Å². The molecule has 0 aromatic carbocycles. The largest absolute Gasteiger partial charge is 0.465 e. The second kappa shape index (κ2) is 9.26. The van der Waals surface area contributed by atoms with Gasteiger partial charge in [0.1, 0.15) is 17.3 Å². The average Bonchev–Trinajstić information content (AvgIpc) is 3.28. The summed E-state index contributed by atoms with van der Waals surface area (Å²) in [5.74, 6) is 1.83. The zero-order chi connectivity index (χ0) is 19.9. The SMILES string of the molecule is CCc1ccc(C(NC(=O)CCNC(=O)/C=C/c2ccco2)C(C)(C)C)o1. The van der Waals surface area contributed by atoms with Crippen LogP contribution in [0, 0.1) is 5.41 Å². The van der Waals surface area contributed by atoms with E-state index in [9.17, 15) is 9.59 Å². The molecule has 0 aliphatic rings. The standard InChI is InChI=1S/C21H28N2O4/c1-5-15-8-10-17(27-15)20(21(2,3)4)23-19(25)12-13-22-18(24)11-9-16-7-6-14-26-16/h6-11,14,20H,5,12-13H2,1-4H3,(H,22,24)(H,23,25)/b11-9+. The van der Waals surface area contributed by atoms with E-state index in [4.69, 9.17) is 8.83 Å². The van der Waals surface area contributed by atoms with Crippen LogP contribution in [0.2, 0.25) is 0 Å². The Morgan fingerprint density at radius 3 is 2.59 bits per heavy atom. The van der Waals surface area contributed by atoms with Crippen molar-refractivity contribution in [2.24, 2.45) is 5.41 Å². The molecule has 1 atom stereocenters. The van der Waals surface area contributed by atoms with E-state index in [1.807, 2.05) is 39.8 Å². The molecule has 6 heteroatoms. The van der Waals surface area contributed by atoms with Crippen LogP contribution in [0.5, 0.6) is 0 Å². The van der Waals surface area contributed by atoms with Gasteiger partial charge >= 0.3 is 0 Å². The van der Waals surface area contributed by atoms with Gasteiger partial charge in [0, 0.05) is 25.5 Å². The number of aryl methyl sites for hydroxylation is 1. The Hall–Kier alpha value is -2.76. The van der Waals surface area contributed by atoms with Gasteiger partial charge in [0.25, 0.3) is 0 Å². The van der Waals surface area contributed by atoms with Gasteiger partial charge < -0.3 is 19.5 Å². The van der Waals surface area contributed by atoms with Crippen LogP contribution in [0.1, 0.15) is 57.4 Å². The zero-order valence-electron chi connectivity index (χ0n) is 16.4. The van der Waals surface area contributed by atoms with Crippen LogP contribution in [0.4, 0.5) is 0 Å². The van der Waals surface area contributed by atoms with Gasteiger partial charge in [-0.15, -0.1) is 0 Å². The van der Waals surface area contributed by atoms with E-state index in [1.165, 1.54) is 12.3 Å². The molecular formula is C21H28N2O4. The molecule has 2 aromatic rings. The van der Waals surface area contributed by atoms with E-state index < -0.39 is 0 Å². The normalized spacial score (nSPS) is 12.9. The first kappa shape index (κ1) is 20.6. The minimum atomic E-state index is -0.273. The van der Waals surface area contributed by atoms with E-state index >= 15 is 0 Å². The van der Waals surface area contributed by atoms with Crippen molar-refractivity contribution >= 4 is 17.9 Å². The van der Waals surface area contributed by atoms with Gasteiger partial charge in [0.15, 0.2) is 0 Å². The molecule has 0 spiro atoms. The first-order valence-corrected chi connectivity index (χ1v) is 9.17. The molecule has 0 radical (unpaired) electrons. The first-order chi connectivity index (χ1) is 12.8. The van der Waals surface area contributed by atoms with Gasteiger partial charge in [-0.3, -0.25) is 9.59 Å². The van der Waals surface area contributed by atoms with Crippen LogP contribution in [0.25, 0.3) is 6.08 Å². The maximum Gasteiger partial charge on any atom is 0.244 e. The highest BCUT2D eigenvalue weighted by molar-refractivity contribution is 5.91. The molecule has 2 N–H and O–H groups in total. The van der Waals surface area contributed by atoms with Crippen molar-refractivity contribution < 1.29 is 18.4 Å². The van der Waals surface area contributed by atoms with Crippen LogP contribution >= 0.6 is 0 Å². The fraction of sp³-hybridized carbons (Fsp3) is 0.429. The number of hydrogen-bond acceptors (Lipinski definition) is 4. The molecule has 2 aromatic heterocycles. The van der Waals surface area contributed by atoms with Crippen molar-refractivity contribution in [3.05, 3.63) is 53.9 Å². The molecule has 0 aliphatic heterocycles. The molecule has 0 saturated carbocycles. The number of furan rings is 2. The van der Waals surface area contributed by atoms with Crippen molar-refractivity contribution in [1.29, 1.82) is 0 Å². The lowest BCUT2D eigenvalue weighted by Crippen LogP contribution is -2.38. The maximum absolute atomic E-state index is 12.3. The van der Waals surface area contributed by atoms with Crippen molar-refractivity contribution in [2.45, 2.75) is 46.6 Å². The molecule has 2 heterocycles. The summed E-state index contributed by atoms with van der Waals surface area (Å²) in [7, 11) is 0. The molecule has 2 rings (SSSR count). The number of amides is 2. The summed E-state index contributed by atoms with van der Waals surface area (Å²) < 4.78 is 10.9. The molecule has 146 valence electrons. The molecule has 2 amide bonds. The summed E-state index contributed by atoms with van der Waals surface area (Å²) in [4.78, 5) is 24.1. The minimum absolute atomic E-state index is 0.139. The van der Waals surface area contributed by atoms with Crippen molar-refractivity contribution in [3.63, 3.8) is 0 Å². The summed E-state index contributed by atoms with van der Waals surface area (Å²) in [6.45, 7) is 8.42. The predicted molar refractivity (Wildman–Crippen MR) is 104 cm³/mol. The van der Waals surface area contributed by atoms with Crippen LogP contribution in [-0.4, -0.2) is 18.4 Å². The first-order valence-electron chi connectivity index (χ1n) is 9.17. The van der Waals surface area contributed by atoms with Gasteiger partial charge in [0.2, 0.25) is 11.8 Å². The quantitative estimate of drug-likeness (QED) is 0.689. The van der Waals surface area contributed by atoms with E-state index in [1.54, 1.807) is 18.2 Å². The second-order valence-electron chi connectivity index (χ2n) is 7.41. The van der Waals surface area contributed by atoms with Crippen LogP contribution in [0.15, 0.2) is 45.4 Å². The van der Waals surface area contributed by atoms with Gasteiger partial charge in [-0.25, -0.2) is 0 Å². The molecule has 0 fully saturated rings. The Bertz CT molecular complexity index is 766. The lowest BCUT2D eigenvalue weighted by Gasteiger charge is -2.30. The van der Waals surface area contributed by atoms with E-state index in [2.05, 4.69) is 10.6 Å². The van der Waals surface area contributed by atoms with Crippen molar-refractivity contribution in [2.75, 3.05) is 6.54 Å². The highest BCUT2D eigenvalue weighted by Crippen LogP contribution is 2.33. The molecule has 0 saturated heterocycles. The van der Waals surface area contributed by atoms with Crippen molar-refractivity contribution in [1.82, 2.24) is 10.6 Å². The number of carbonyl (C=O) groups excluding carboxylic acids is 2. The van der Waals surface area contributed by atoms with E-state index in [-0.39, 0.29) is 36.2 Å². The highest BCUT2D eigenvalue weighted by atomic mass is 16.3. The molecule has 27 heavy (non-hydrogen) atoms. The average molecular weight is 372 g/mol. The summed E-state index contributed by atoms with van der Waals surface area (Å²) in [5, 5.41) is 5.71. The Morgan fingerprint density at radius 2 is 2.00 bits per heavy atom. The summed E-state index contributed by atoms with van der Waals surface area (Å²) in [6.07, 6.45) is 5.49. The van der Waals surface area contributed by atoms with Crippen molar-refractivity contribution in [3.8, 4) is 0 Å². The highest BCUT2D eigenvalue weighted by Gasteiger charge is 2.30. The Balaban J connectivity index is 1.84. The number of rotatable bonds is 8. The van der Waals surface area contributed by atoms with Gasteiger partial charge in [-0.05, 0) is 35.8 Å². The van der Waals surface area contributed by atoms with Gasteiger partial charge in [-0.2, -0.15) is 0 Å². The summed E-state index contributed by atoms with van der Waals surface area (Å²) in [5.41, 5.74) is -0.201. The third-order valence-corrected chi connectivity index (χ3v) is 4.08. The van der Waals surface area contributed by atoms with Crippen LogP contribution in [-0.2, 0) is 16.0 Å². The van der Waals surface area contributed by atoms with Gasteiger partial charge in [-0.1, -0.05) is 27.7 Å². The molecule has 1 unspecified atom stereocenters. The fourth-order valence-corrected chi connectivity index (χ4v) is 2.59. The summed E-state index contributed by atoms with van der Waals surface area (Å²) in [6, 6.07) is 7.11. The third kappa shape index (κ3) is 6.47. The number of carbonyl (C=O) groups is 2. The lowest BCUT2D eigenvalue weighted by molar-refractivity contribution is -0.123. The lowest BCUT2D eigenvalue weighted by atomic mass is 9.85. The summed E-state index contributed by atoms with van der Waals surface area (Å²) >= 11 is 0. The number of nitrogens with one attached hydrogen (secondary N) is 2. The van der Waals surface area contributed by atoms with E-state index in [0.717, 1.165) is 17.9 Å². The molecule has 6 nitrogen and oxygen atoms in total. The zero-order valence-corrected chi connectivity index (χ0v) is 16.4. The monoisotopic (exact) mass is 372 g/mol. The smallest absolute Gasteiger partial charge is 0.244 e.